The number of aliphatic hydroxyl groups is 1. The Hall–Kier alpha value is -0.410. The summed E-state index contributed by atoms with van der Waals surface area (Å²) >= 11 is 0. The topological polar surface area (TPSA) is 49.8 Å². The first-order valence-corrected chi connectivity index (χ1v) is 10.3. The highest BCUT2D eigenvalue weighted by molar-refractivity contribution is 5.93. The molecular weight excluding hydrogens is 300 g/mol. The Morgan fingerprint density at radius 3 is 2.62 bits per heavy atom. The zero-order valence-electron chi connectivity index (χ0n) is 15.4. The zero-order valence-corrected chi connectivity index (χ0v) is 15.4. The van der Waals surface area contributed by atoms with E-state index in [1.54, 1.807) is 0 Å². The normalized spacial score (nSPS) is 61.6. The second-order valence-electron chi connectivity index (χ2n) is 10.0. The van der Waals surface area contributed by atoms with Gasteiger partial charge in [-0.15, -0.1) is 0 Å². The lowest BCUT2D eigenvalue weighted by molar-refractivity contribution is -0.138. The number of carbonyl (C=O) groups is 1. The van der Waals surface area contributed by atoms with E-state index in [9.17, 15) is 9.90 Å². The summed E-state index contributed by atoms with van der Waals surface area (Å²) in [5.74, 6) is 2.45. The van der Waals surface area contributed by atoms with Gasteiger partial charge in [0.15, 0.2) is 11.4 Å². The SMILES string of the molecule is CC[C@]12O[C@]13CC[C@H]1[C@@H]4CCC(O)[C@@]4(C)CC[C@@H]1[C@@]3(C)CCC2=O. The van der Waals surface area contributed by atoms with E-state index in [0.29, 0.717) is 24.0 Å². The van der Waals surface area contributed by atoms with Crippen molar-refractivity contribution >= 4 is 5.78 Å². The molecule has 5 aliphatic rings. The lowest BCUT2D eigenvalue weighted by Crippen LogP contribution is -2.60. The molecule has 1 spiro atoms. The van der Waals surface area contributed by atoms with E-state index in [0.717, 1.165) is 38.0 Å². The van der Waals surface area contributed by atoms with Crippen LogP contribution in [0.3, 0.4) is 0 Å². The molecule has 1 saturated heterocycles. The van der Waals surface area contributed by atoms with Crippen molar-refractivity contribution < 1.29 is 14.6 Å². The Kier molecular flexibility index (Phi) is 2.94. The number of ether oxygens (including phenoxy) is 1. The second-order valence-corrected chi connectivity index (χ2v) is 10.0. The zero-order chi connectivity index (χ0) is 17.0. The summed E-state index contributed by atoms with van der Waals surface area (Å²) in [4.78, 5) is 12.7. The van der Waals surface area contributed by atoms with Gasteiger partial charge in [0.25, 0.3) is 0 Å². The Morgan fingerprint density at radius 1 is 1.08 bits per heavy atom. The molecule has 1 aliphatic heterocycles. The van der Waals surface area contributed by atoms with Crippen molar-refractivity contribution in [2.75, 3.05) is 0 Å². The molecule has 0 aromatic rings. The molecule has 0 bridgehead atoms. The molecule has 3 heteroatoms. The molecule has 1 N–H and O–H groups in total. The molecule has 134 valence electrons. The average molecular weight is 332 g/mol. The van der Waals surface area contributed by atoms with Crippen LogP contribution >= 0.6 is 0 Å². The fourth-order valence-corrected chi connectivity index (χ4v) is 8.31. The van der Waals surface area contributed by atoms with Crippen molar-refractivity contribution in [3.05, 3.63) is 0 Å². The molecule has 0 amide bonds. The van der Waals surface area contributed by atoms with Gasteiger partial charge in [-0.3, -0.25) is 4.79 Å². The van der Waals surface area contributed by atoms with E-state index >= 15 is 0 Å². The first-order chi connectivity index (χ1) is 11.3. The minimum Gasteiger partial charge on any atom is -0.393 e. The highest BCUT2D eigenvalue weighted by Crippen LogP contribution is 2.76. The van der Waals surface area contributed by atoms with Crippen LogP contribution in [-0.2, 0) is 9.53 Å². The van der Waals surface area contributed by atoms with E-state index in [4.69, 9.17) is 4.74 Å². The summed E-state index contributed by atoms with van der Waals surface area (Å²) in [5, 5.41) is 10.6. The highest BCUT2D eigenvalue weighted by atomic mass is 16.6. The molecule has 4 saturated carbocycles. The van der Waals surface area contributed by atoms with Crippen LogP contribution in [0.4, 0.5) is 0 Å². The van der Waals surface area contributed by atoms with E-state index in [1.165, 1.54) is 19.3 Å². The molecule has 3 nitrogen and oxygen atoms in total. The van der Waals surface area contributed by atoms with Gasteiger partial charge in [0, 0.05) is 11.8 Å². The predicted octanol–water partition coefficient (Wildman–Crippen LogP) is 3.87. The smallest absolute Gasteiger partial charge is 0.167 e. The van der Waals surface area contributed by atoms with E-state index in [-0.39, 0.29) is 22.5 Å². The van der Waals surface area contributed by atoms with E-state index in [1.807, 2.05) is 0 Å². The fourth-order valence-electron chi connectivity index (χ4n) is 8.31. The van der Waals surface area contributed by atoms with Crippen LogP contribution in [0.15, 0.2) is 0 Å². The van der Waals surface area contributed by atoms with Gasteiger partial charge in [0.05, 0.1) is 6.10 Å². The third-order valence-electron chi connectivity index (χ3n) is 9.74. The van der Waals surface area contributed by atoms with Gasteiger partial charge in [-0.25, -0.2) is 0 Å². The number of fused-ring (bicyclic) bond motifs is 4. The third kappa shape index (κ3) is 1.44. The van der Waals surface area contributed by atoms with Crippen LogP contribution in [0, 0.1) is 28.6 Å². The molecule has 4 aliphatic carbocycles. The number of carbonyl (C=O) groups excluding carboxylic acids is 1. The number of Topliss-reactive ketones (excluding diaryl/α,β-unsaturated/α-hetero) is 1. The van der Waals surface area contributed by atoms with E-state index in [2.05, 4.69) is 20.8 Å². The molecule has 24 heavy (non-hydrogen) atoms. The number of ketones is 1. The first-order valence-electron chi connectivity index (χ1n) is 10.3. The van der Waals surface area contributed by atoms with Gasteiger partial charge in [-0.05, 0) is 74.5 Å². The van der Waals surface area contributed by atoms with Crippen molar-refractivity contribution in [2.45, 2.75) is 95.9 Å². The van der Waals surface area contributed by atoms with Gasteiger partial charge < -0.3 is 9.84 Å². The van der Waals surface area contributed by atoms with E-state index < -0.39 is 5.60 Å². The van der Waals surface area contributed by atoms with Crippen LogP contribution in [-0.4, -0.2) is 28.2 Å². The highest BCUT2D eigenvalue weighted by Gasteiger charge is 2.83. The van der Waals surface area contributed by atoms with Gasteiger partial charge >= 0.3 is 0 Å². The number of rotatable bonds is 1. The predicted molar refractivity (Wildman–Crippen MR) is 91.5 cm³/mol. The molecule has 8 atom stereocenters. The van der Waals surface area contributed by atoms with Gasteiger partial charge in [-0.2, -0.15) is 0 Å². The van der Waals surface area contributed by atoms with Gasteiger partial charge in [-0.1, -0.05) is 20.8 Å². The maximum Gasteiger partial charge on any atom is 0.167 e. The van der Waals surface area contributed by atoms with Crippen LogP contribution in [0.5, 0.6) is 0 Å². The van der Waals surface area contributed by atoms with Crippen molar-refractivity contribution in [3.8, 4) is 0 Å². The quantitative estimate of drug-likeness (QED) is 0.742. The maximum absolute atomic E-state index is 12.7. The van der Waals surface area contributed by atoms with Crippen LogP contribution in [0.25, 0.3) is 0 Å². The van der Waals surface area contributed by atoms with Crippen LogP contribution in [0.2, 0.25) is 0 Å². The Balaban J connectivity index is 1.53. The maximum atomic E-state index is 12.7. The number of aliphatic hydroxyl groups excluding tert-OH is 1. The van der Waals surface area contributed by atoms with Crippen molar-refractivity contribution in [1.82, 2.24) is 0 Å². The third-order valence-corrected chi connectivity index (χ3v) is 9.74. The van der Waals surface area contributed by atoms with Gasteiger partial charge in [0.1, 0.15) is 5.60 Å². The second kappa shape index (κ2) is 4.46. The Morgan fingerprint density at radius 2 is 1.88 bits per heavy atom. The number of hydrogen-bond acceptors (Lipinski definition) is 3. The van der Waals surface area contributed by atoms with Crippen LogP contribution in [0.1, 0.15) is 78.6 Å². The summed E-state index contributed by atoms with van der Waals surface area (Å²) in [6.45, 7) is 6.92. The summed E-state index contributed by atoms with van der Waals surface area (Å²) in [6.07, 6.45) is 9.27. The molecule has 1 unspecified atom stereocenters. The lowest BCUT2D eigenvalue weighted by atomic mass is 9.43. The summed E-state index contributed by atoms with van der Waals surface area (Å²) < 4.78 is 6.43. The lowest BCUT2D eigenvalue weighted by Gasteiger charge is -2.59. The number of epoxide rings is 1. The molecular formula is C21H32O3. The van der Waals surface area contributed by atoms with Crippen molar-refractivity contribution in [1.29, 1.82) is 0 Å². The molecule has 0 aromatic heterocycles. The van der Waals surface area contributed by atoms with Crippen LogP contribution < -0.4 is 0 Å². The fraction of sp³-hybridized carbons (Fsp3) is 0.952. The van der Waals surface area contributed by atoms with Gasteiger partial charge in [0.2, 0.25) is 0 Å². The molecule has 0 radical (unpaired) electrons. The first kappa shape index (κ1) is 15.8. The summed E-state index contributed by atoms with van der Waals surface area (Å²) in [6, 6.07) is 0. The molecule has 5 fully saturated rings. The number of hydrogen-bond donors (Lipinski definition) is 1. The molecule has 1 heterocycles. The largest absolute Gasteiger partial charge is 0.393 e. The Labute approximate surface area is 145 Å². The Bertz CT molecular complexity index is 602. The summed E-state index contributed by atoms with van der Waals surface area (Å²) in [7, 11) is 0. The molecule has 0 aromatic carbocycles. The van der Waals surface area contributed by atoms with Crippen molar-refractivity contribution in [3.63, 3.8) is 0 Å². The minimum absolute atomic E-state index is 0.105. The standard InChI is InChI=1S/C21H32O3/c1-4-20-17(23)9-11-19(3)15-8-10-18(2)14(5-6-16(18)22)13(15)7-12-21(19,20)24-20/h13-16,22H,4-12H2,1-3H3/t13-,14-,15-,16?,18-,19+,20+,21-/m0/s1. The minimum atomic E-state index is -0.444. The average Bonchev–Trinajstić information content (AvgIpc) is 3.17. The van der Waals surface area contributed by atoms with Crippen molar-refractivity contribution in [2.24, 2.45) is 28.6 Å². The molecule has 5 rings (SSSR count). The monoisotopic (exact) mass is 332 g/mol. The summed E-state index contributed by atoms with van der Waals surface area (Å²) in [5.41, 5.74) is -0.301.